The fourth-order valence-corrected chi connectivity index (χ4v) is 1.54. The Hall–Kier alpha value is -2.28. The maximum Gasteiger partial charge on any atom is 0.218 e. The Balaban J connectivity index is 1.87. The third kappa shape index (κ3) is 4.14. The first-order valence-corrected chi connectivity index (χ1v) is 5.98. The molecule has 0 aliphatic heterocycles. The molecule has 2 heterocycles. The molecule has 0 bridgehead atoms. The van der Waals surface area contributed by atoms with Gasteiger partial charge in [0, 0.05) is 25.0 Å². The minimum Gasteiger partial charge on any atom is -0.481 e. The Morgan fingerprint density at radius 3 is 3.05 bits per heavy atom. The van der Waals surface area contributed by atoms with Crippen LogP contribution in [0.1, 0.15) is 5.56 Å². The lowest BCUT2D eigenvalue weighted by Crippen LogP contribution is -2.28. The molecule has 0 amide bonds. The zero-order chi connectivity index (χ0) is 13.5. The molecule has 0 spiro atoms. The second-order valence-electron chi connectivity index (χ2n) is 3.61. The van der Waals surface area contributed by atoms with E-state index in [1.807, 2.05) is 12.1 Å². The van der Waals surface area contributed by atoms with Gasteiger partial charge >= 0.3 is 0 Å². The molecular weight excluding hydrogens is 262 g/mol. The number of methoxy groups -OCH3 is 1. The van der Waals surface area contributed by atoms with Crippen LogP contribution in [0.5, 0.6) is 5.88 Å². The normalized spacial score (nSPS) is 9.74. The smallest absolute Gasteiger partial charge is 0.218 e. The SMILES string of the molecule is COc1cc(NC(=S)NCc2cccnc2)ncn1. The van der Waals surface area contributed by atoms with Gasteiger partial charge in [-0.1, -0.05) is 6.07 Å². The first kappa shape index (κ1) is 13.2. The average molecular weight is 275 g/mol. The predicted molar refractivity (Wildman–Crippen MR) is 75.9 cm³/mol. The maximum absolute atomic E-state index is 5.17. The van der Waals surface area contributed by atoms with Crippen molar-refractivity contribution in [3.8, 4) is 5.88 Å². The summed E-state index contributed by atoms with van der Waals surface area (Å²) in [5.41, 5.74) is 1.05. The zero-order valence-corrected chi connectivity index (χ0v) is 11.1. The molecule has 98 valence electrons. The van der Waals surface area contributed by atoms with Crippen LogP contribution in [0.3, 0.4) is 0 Å². The van der Waals surface area contributed by atoms with Gasteiger partial charge in [-0.15, -0.1) is 0 Å². The highest BCUT2D eigenvalue weighted by Crippen LogP contribution is 2.09. The lowest BCUT2D eigenvalue weighted by Gasteiger charge is -2.09. The van der Waals surface area contributed by atoms with E-state index in [9.17, 15) is 0 Å². The van der Waals surface area contributed by atoms with Crippen molar-refractivity contribution in [3.63, 3.8) is 0 Å². The summed E-state index contributed by atoms with van der Waals surface area (Å²) in [4.78, 5) is 12.0. The number of hydrogen-bond donors (Lipinski definition) is 2. The number of rotatable bonds is 4. The van der Waals surface area contributed by atoms with Crippen molar-refractivity contribution in [1.29, 1.82) is 0 Å². The van der Waals surface area contributed by atoms with E-state index < -0.39 is 0 Å². The highest BCUT2D eigenvalue weighted by Gasteiger charge is 2.01. The molecule has 2 rings (SSSR count). The summed E-state index contributed by atoms with van der Waals surface area (Å²) in [6.07, 6.45) is 4.92. The molecule has 7 heteroatoms. The summed E-state index contributed by atoms with van der Waals surface area (Å²) in [5.74, 6) is 1.06. The molecule has 2 aromatic rings. The molecule has 0 unspecified atom stereocenters. The zero-order valence-electron chi connectivity index (χ0n) is 10.3. The minimum atomic E-state index is 0.476. The Labute approximate surface area is 116 Å². The third-order valence-electron chi connectivity index (χ3n) is 2.27. The molecule has 0 aliphatic carbocycles. The van der Waals surface area contributed by atoms with Crippen LogP contribution in [0.15, 0.2) is 36.9 Å². The van der Waals surface area contributed by atoms with Crippen LogP contribution in [0.4, 0.5) is 5.82 Å². The highest BCUT2D eigenvalue weighted by atomic mass is 32.1. The summed E-state index contributed by atoms with van der Waals surface area (Å²) in [6.45, 7) is 0.599. The van der Waals surface area contributed by atoms with E-state index in [1.165, 1.54) is 6.33 Å². The molecule has 6 nitrogen and oxygen atoms in total. The van der Waals surface area contributed by atoms with Gasteiger partial charge < -0.3 is 15.4 Å². The van der Waals surface area contributed by atoms with Crippen LogP contribution < -0.4 is 15.4 Å². The van der Waals surface area contributed by atoms with Crippen molar-refractivity contribution in [1.82, 2.24) is 20.3 Å². The molecular formula is C12H13N5OS. The second kappa shape index (κ2) is 6.60. The number of aromatic nitrogens is 3. The van der Waals surface area contributed by atoms with Crippen molar-refractivity contribution in [2.75, 3.05) is 12.4 Å². The number of anilines is 1. The monoisotopic (exact) mass is 275 g/mol. The van der Waals surface area contributed by atoms with Gasteiger partial charge in [-0.2, -0.15) is 0 Å². The van der Waals surface area contributed by atoms with Crippen LogP contribution in [-0.2, 0) is 6.54 Å². The largest absolute Gasteiger partial charge is 0.481 e. The summed E-state index contributed by atoms with van der Waals surface area (Å²) in [6, 6.07) is 5.51. The number of nitrogens with one attached hydrogen (secondary N) is 2. The molecule has 2 aromatic heterocycles. The first-order chi connectivity index (χ1) is 9.28. The van der Waals surface area contributed by atoms with Crippen molar-refractivity contribution in [2.24, 2.45) is 0 Å². The van der Waals surface area contributed by atoms with E-state index in [1.54, 1.807) is 25.6 Å². The molecule has 0 aliphatic rings. The van der Waals surface area contributed by atoms with Gasteiger partial charge in [0.15, 0.2) is 5.11 Å². The van der Waals surface area contributed by atoms with Gasteiger partial charge in [-0.05, 0) is 23.8 Å². The van der Waals surface area contributed by atoms with E-state index in [4.69, 9.17) is 17.0 Å². The van der Waals surface area contributed by atoms with Crippen LogP contribution in [0.2, 0.25) is 0 Å². The average Bonchev–Trinajstić information content (AvgIpc) is 2.46. The third-order valence-corrected chi connectivity index (χ3v) is 2.51. The van der Waals surface area contributed by atoms with Gasteiger partial charge in [-0.25, -0.2) is 9.97 Å². The Bertz CT molecular complexity index is 549. The van der Waals surface area contributed by atoms with E-state index in [0.29, 0.717) is 23.4 Å². The van der Waals surface area contributed by atoms with Crippen molar-refractivity contribution < 1.29 is 4.74 Å². The molecule has 0 aromatic carbocycles. The van der Waals surface area contributed by atoms with Crippen molar-refractivity contribution in [3.05, 3.63) is 42.5 Å². The molecule has 19 heavy (non-hydrogen) atoms. The highest BCUT2D eigenvalue weighted by molar-refractivity contribution is 7.80. The van der Waals surface area contributed by atoms with E-state index in [2.05, 4.69) is 25.6 Å². The fraction of sp³-hybridized carbons (Fsp3) is 0.167. The number of pyridine rings is 1. The Morgan fingerprint density at radius 1 is 1.42 bits per heavy atom. The summed E-state index contributed by atoms with van der Waals surface area (Å²) < 4.78 is 5.00. The van der Waals surface area contributed by atoms with Crippen LogP contribution >= 0.6 is 12.2 Å². The molecule has 0 saturated heterocycles. The van der Waals surface area contributed by atoms with Gasteiger partial charge in [0.2, 0.25) is 5.88 Å². The number of ether oxygens (including phenoxy) is 1. The Morgan fingerprint density at radius 2 is 2.32 bits per heavy atom. The summed E-state index contributed by atoms with van der Waals surface area (Å²) in [5, 5.41) is 6.50. The number of nitrogens with zero attached hydrogens (tertiary/aromatic N) is 3. The van der Waals surface area contributed by atoms with E-state index in [0.717, 1.165) is 5.56 Å². The maximum atomic E-state index is 5.17. The van der Waals surface area contributed by atoms with Crippen LogP contribution in [0.25, 0.3) is 0 Å². The molecule has 0 fully saturated rings. The summed E-state index contributed by atoms with van der Waals surface area (Å²) >= 11 is 5.17. The second-order valence-corrected chi connectivity index (χ2v) is 4.02. The van der Waals surface area contributed by atoms with Crippen LogP contribution in [0, 0.1) is 0 Å². The summed E-state index contributed by atoms with van der Waals surface area (Å²) in [7, 11) is 1.55. The minimum absolute atomic E-state index is 0.476. The molecule has 0 saturated carbocycles. The van der Waals surface area contributed by atoms with Gasteiger partial charge in [0.25, 0.3) is 0 Å². The molecule has 2 N–H and O–H groups in total. The predicted octanol–water partition coefficient (Wildman–Crippen LogP) is 1.37. The van der Waals surface area contributed by atoms with E-state index >= 15 is 0 Å². The number of thiocarbonyl (C=S) groups is 1. The number of hydrogen-bond acceptors (Lipinski definition) is 5. The van der Waals surface area contributed by atoms with Gasteiger partial charge in [0.1, 0.15) is 12.1 Å². The first-order valence-electron chi connectivity index (χ1n) is 5.57. The van der Waals surface area contributed by atoms with Gasteiger partial charge in [0.05, 0.1) is 7.11 Å². The van der Waals surface area contributed by atoms with E-state index in [-0.39, 0.29) is 0 Å². The lowest BCUT2D eigenvalue weighted by atomic mass is 10.3. The standard InChI is InChI=1S/C12H13N5OS/c1-18-11-5-10(15-8-16-11)17-12(19)14-7-9-3-2-4-13-6-9/h2-6,8H,7H2,1H3,(H2,14,15,16,17,19). The molecule has 0 atom stereocenters. The fourth-order valence-electron chi connectivity index (χ4n) is 1.37. The van der Waals surface area contributed by atoms with Gasteiger partial charge in [-0.3, -0.25) is 4.98 Å². The lowest BCUT2D eigenvalue weighted by molar-refractivity contribution is 0.397. The topological polar surface area (TPSA) is 72.0 Å². The quantitative estimate of drug-likeness (QED) is 0.816. The Kier molecular flexibility index (Phi) is 4.57. The van der Waals surface area contributed by atoms with Crippen molar-refractivity contribution >= 4 is 23.1 Å². The molecule has 0 radical (unpaired) electrons. The van der Waals surface area contributed by atoms with Crippen molar-refractivity contribution in [2.45, 2.75) is 6.54 Å². The van der Waals surface area contributed by atoms with Crippen LogP contribution in [-0.4, -0.2) is 27.2 Å².